The van der Waals surface area contributed by atoms with E-state index in [1.807, 2.05) is 63.2 Å². The third kappa shape index (κ3) is 10.0. The molecule has 2 amide bonds. The molecule has 3 aromatic rings. The van der Waals surface area contributed by atoms with Crippen molar-refractivity contribution in [1.82, 2.24) is 10.2 Å². The fourth-order valence-electron chi connectivity index (χ4n) is 4.52. The van der Waals surface area contributed by atoms with Gasteiger partial charge in [0.1, 0.15) is 6.04 Å². The van der Waals surface area contributed by atoms with Crippen LogP contribution in [0, 0.1) is 12.8 Å². The number of sulfonamides is 1. The van der Waals surface area contributed by atoms with Crippen LogP contribution in [-0.2, 0) is 32.6 Å². The van der Waals surface area contributed by atoms with Crippen LogP contribution in [0.2, 0.25) is 10.0 Å². The van der Waals surface area contributed by atoms with E-state index in [4.69, 9.17) is 23.2 Å². The van der Waals surface area contributed by atoms with Crippen molar-refractivity contribution in [3.63, 3.8) is 0 Å². The minimum Gasteiger partial charge on any atom is -0.354 e. The molecular weight excluding hydrogens is 593 g/mol. The number of hydrogen-bond donors (Lipinski definition) is 1. The third-order valence-electron chi connectivity index (χ3n) is 6.79. The molecule has 0 fully saturated rings. The van der Waals surface area contributed by atoms with Crippen LogP contribution in [0.3, 0.4) is 0 Å². The monoisotopic (exact) mass is 631 g/mol. The molecular formula is C32H39Cl2N3O4S. The van der Waals surface area contributed by atoms with E-state index in [0.717, 1.165) is 17.4 Å². The van der Waals surface area contributed by atoms with Crippen molar-refractivity contribution in [3.8, 4) is 0 Å². The summed E-state index contributed by atoms with van der Waals surface area (Å²) < 4.78 is 26.5. The Morgan fingerprint density at radius 3 is 2.21 bits per heavy atom. The van der Waals surface area contributed by atoms with E-state index in [-0.39, 0.29) is 43.7 Å². The summed E-state index contributed by atoms with van der Waals surface area (Å²) in [6, 6.07) is 21.0. The number of rotatable bonds is 14. The van der Waals surface area contributed by atoms with E-state index in [0.29, 0.717) is 34.3 Å². The molecule has 10 heteroatoms. The van der Waals surface area contributed by atoms with Crippen molar-refractivity contribution in [1.29, 1.82) is 0 Å². The lowest BCUT2D eigenvalue weighted by Gasteiger charge is -2.32. The second-order valence-corrected chi connectivity index (χ2v) is 13.6. The van der Waals surface area contributed by atoms with Crippen molar-refractivity contribution in [2.45, 2.75) is 52.6 Å². The third-order valence-corrected chi connectivity index (χ3v) is 8.57. The van der Waals surface area contributed by atoms with Gasteiger partial charge in [-0.3, -0.25) is 13.9 Å². The number of benzene rings is 3. The zero-order chi connectivity index (χ0) is 30.9. The summed E-state index contributed by atoms with van der Waals surface area (Å²) in [4.78, 5) is 29.1. The summed E-state index contributed by atoms with van der Waals surface area (Å²) in [5.74, 6) is -0.313. The lowest BCUT2D eigenvalue weighted by molar-refractivity contribution is -0.141. The molecule has 0 radical (unpaired) electrons. The summed E-state index contributed by atoms with van der Waals surface area (Å²) in [5, 5.41) is 3.85. The number of nitrogens with one attached hydrogen (secondary N) is 1. The zero-order valence-corrected chi connectivity index (χ0v) is 26.8. The Bertz CT molecular complexity index is 1450. The fourth-order valence-corrected chi connectivity index (χ4v) is 5.96. The van der Waals surface area contributed by atoms with Crippen molar-refractivity contribution in [3.05, 3.63) is 99.5 Å². The second-order valence-electron chi connectivity index (χ2n) is 10.9. The van der Waals surface area contributed by atoms with Gasteiger partial charge in [0, 0.05) is 42.5 Å². The van der Waals surface area contributed by atoms with Crippen molar-refractivity contribution < 1.29 is 18.0 Å². The molecule has 0 aliphatic rings. The quantitative estimate of drug-likeness (QED) is 0.227. The molecule has 3 rings (SSSR count). The largest absolute Gasteiger partial charge is 0.354 e. The summed E-state index contributed by atoms with van der Waals surface area (Å²) in [6.07, 6.45) is 1.75. The van der Waals surface area contributed by atoms with Crippen LogP contribution in [-0.4, -0.2) is 50.5 Å². The number of anilines is 1. The number of hydrogen-bond acceptors (Lipinski definition) is 4. The maximum atomic E-state index is 13.9. The normalized spacial score (nSPS) is 12.2. The number of carbonyl (C=O) groups excluding carboxylic acids is 2. The Hall–Kier alpha value is -3.07. The molecule has 0 spiro atoms. The predicted molar refractivity (Wildman–Crippen MR) is 171 cm³/mol. The first-order valence-corrected chi connectivity index (χ1v) is 16.5. The molecule has 0 heterocycles. The van der Waals surface area contributed by atoms with Crippen LogP contribution in [0.25, 0.3) is 0 Å². The van der Waals surface area contributed by atoms with Crippen LogP contribution >= 0.6 is 23.2 Å². The highest BCUT2D eigenvalue weighted by Gasteiger charge is 2.31. The number of halogens is 2. The van der Waals surface area contributed by atoms with Crippen molar-refractivity contribution in [2.75, 3.05) is 23.7 Å². The minimum absolute atomic E-state index is 0.0336. The van der Waals surface area contributed by atoms with E-state index in [1.165, 1.54) is 4.31 Å². The average Bonchev–Trinajstić information content (AvgIpc) is 2.93. The van der Waals surface area contributed by atoms with Gasteiger partial charge in [-0.1, -0.05) is 91.1 Å². The molecule has 0 aliphatic carbocycles. The average molecular weight is 633 g/mol. The fraction of sp³-hybridized carbons (Fsp3) is 0.375. The highest BCUT2D eigenvalue weighted by Crippen LogP contribution is 2.25. The van der Waals surface area contributed by atoms with Crippen molar-refractivity contribution in [2.24, 2.45) is 5.92 Å². The van der Waals surface area contributed by atoms with Gasteiger partial charge < -0.3 is 10.2 Å². The van der Waals surface area contributed by atoms with Gasteiger partial charge in [0.2, 0.25) is 21.8 Å². The first-order chi connectivity index (χ1) is 19.8. The Labute approximate surface area is 259 Å². The molecule has 0 saturated heterocycles. The summed E-state index contributed by atoms with van der Waals surface area (Å²) >= 11 is 12.6. The molecule has 1 atom stereocenters. The Morgan fingerprint density at radius 1 is 0.952 bits per heavy atom. The van der Waals surface area contributed by atoms with Gasteiger partial charge in [0.25, 0.3) is 0 Å². The van der Waals surface area contributed by atoms with Gasteiger partial charge in [0.05, 0.1) is 11.9 Å². The molecule has 3 aromatic carbocycles. The van der Waals surface area contributed by atoms with Crippen LogP contribution in [0.4, 0.5) is 5.69 Å². The van der Waals surface area contributed by atoms with Crippen LogP contribution in [0.1, 0.15) is 43.4 Å². The molecule has 42 heavy (non-hydrogen) atoms. The zero-order valence-electron chi connectivity index (χ0n) is 24.5. The smallest absolute Gasteiger partial charge is 0.243 e. The summed E-state index contributed by atoms with van der Waals surface area (Å²) in [5.41, 5.74) is 3.11. The second kappa shape index (κ2) is 15.4. The molecule has 0 saturated carbocycles. The topological polar surface area (TPSA) is 86.8 Å². The molecule has 226 valence electrons. The molecule has 1 N–H and O–H groups in total. The number of nitrogens with zero attached hydrogens (tertiary/aromatic N) is 2. The maximum absolute atomic E-state index is 13.9. The first kappa shape index (κ1) is 33.4. The molecule has 7 nitrogen and oxygen atoms in total. The molecule has 0 aliphatic heterocycles. The highest BCUT2D eigenvalue weighted by molar-refractivity contribution is 7.92. The van der Waals surface area contributed by atoms with Crippen molar-refractivity contribution >= 4 is 50.7 Å². The summed E-state index contributed by atoms with van der Waals surface area (Å²) in [6.45, 7) is 6.61. The Kier molecular flexibility index (Phi) is 12.3. The Balaban J connectivity index is 1.90. The first-order valence-electron chi connectivity index (χ1n) is 13.9. The van der Waals surface area contributed by atoms with E-state index >= 15 is 0 Å². The predicted octanol–water partition coefficient (Wildman–Crippen LogP) is 6.26. The maximum Gasteiger partial charge on any atom is 0.243 e. The minimum atomic E-state index is -3.58. The molecule has 0 aromatic heterocycles. The number of aryl methyl sites for hydroxylation is 1. The Morgan fingerprint density at radius 2 is 1.62 bits per heavy atom. The molecule has 0 unspecified atom stereocenters. The van der Waals surface area contributed by atoms with E-state index in [1.54, 1.807) is 35.2 Å². The van der Waals surface area contributed by atoms with Crippen LogP contribution in [0.15, 0.2) is 72.8 Å². The van der Waals surface area contributed by atoms with Gasteiger partial charge in [-0.15, -0.1) is 0 Å². The van der Waals surface area contributed by atoms with Crippen LogP contribution < -0.4 is 9.62 Å². The van der Waals surface area contributed by atoms with E-state index in [9.17, 15) is 18.0 Å². The van der Waals surface area contributed by atoms with Gasteiger partial charge in [-0.2, -0.15) is 0 Å². The lowest BCUT2D eigenvalue weighted by Crippen LogP contribution is -2.51. The van der Waals surface area contributed by atoms with Gasteiger partial charge in [-0.05, 0) is 54.7 Å². The lowest BCUT2D eigenvalue weighted by atomic mass is 10.0. The number of carbonyl (C=O) groups is 2. The standard InChI is InChI=1S/C32H39Cl2N3O4S/c1-23(2)21-35-32(39)30(19-25-9-6-5-7-10-25)36(22-26-14-15-27(33)20-29(26)34)31(38)11-8-18-37(42(4,40)41)28-16-12-24(3)13-17-28/h5-7,9-10,12-17,20,23,30H,8,11,18-19,21-22H2,1-4H3,(H,35,39)/t30-/m1/s1. The van der Waals surface area contributed by atoms with Gasteiger partial charge >= 0.3 is 0 Å². The number of amides is 2. The summed E-state index contributed by atoms with van der Waals surface area (Å²) in [7, 11) is -3.58. The van der Waals surface area contributed by atoms with Gasteiger partial charge in [0.15, 0.2) is 0 Å². The van der Waals surface area contributed by atoms with Gasteiger partial charge in [-0.25, -0.2) is 8.42 Å². The highest BCUT2D eigenvalue weighted by atomic mass is 35.5. The van der Waals surface area contributed by atoms with E-state index in [2.05, 4.69) is 5.32 Å². The van der Waals surface area contributed by atoms with Crippen LogP contribution in [0.5, 0.6) is 0 Å². The van der Waals surface area contributed by atoms with E-state index < -0.39 is 16.1 Å². The SMILES string of the molecule is Cc1ccc(N(CCCC(=O)N(Cc2ccc(Cl)cc2Cl)[C@H](Cc2ccccc2)C(=O)NCC(C)C)S(C)(=O)=O)cc1. The molecule has 0 bridgehead atoms.